The molecule has 1 aromatic heterocycles. The summed E-state index contributed by atoms with van der Waals surface area (Å²) >= 11 is 1.30. The first kappa shape index (κ1) is 19.6. The number of imide groups is 1. The first-order valence-corrected chi connectivity index (χ1v) is 10.2. The summed E-state index contributed by atoms with van der Waals surface area (Å²) in [5.74, 6) is -1.08. The molecule has 0 aliphatic carbocycles. The Hall–Kier alpha value is -3.76. The number of amides is 3. The molecule has 3 aromatic rings. The molecule has 1 aliphatic rings. The number of thiophene rings is 1. The van der Waals surface area contributed by atoms with Crippen molar-refractivity contribution in [3.8, 4) is 6.07 Å². The SMILES string of the molecule is N#Cc1ccc(N2C(=O)CC(N(Cc3ccccc3)C(=O)c3cccs3)C2=O)cc1. The Kier molecular flexibility index (Phi) is 5.42. The number of hydrogen-bond donors (Lipinski definition) is 0. The maximum Gasteiger partial charge on any atom is 0.264 e. The van der Waals surface area contributed by atoms with Crippen molar-refractivity contribution >= 4 is 34.7 Å². The molecule has 0 bridgehead atoms. The number of nitrogens with zero attached hydrogens (tertiary/aromatic N) is 3. The maximum absolute atomic E-state index is 13.2. The van der Waals surface area contributed by atoms with Gasteiger partial charge in [0.25, 0.3) is 11.8 Å². The van der Waals surface area contributed by atoms with Crippen LogP contribution in [-0.2, 0) is 16.1 Å². The normalized spacial score (nSPS) is 15.8. The number of benzene rings is 2. The van der Waals surface area contributed by atoms with Crippen molar-refractivity contribution in [3.63, 3.8) is 0 Å². The van der Waals surface area contributed by atoms with E-state index in [9.17, 15) is 14.4 Å². The van der Waals surface area contributed by atoms with Crippen molar-refractivity contribution in [3.05, 3.63) is 88.1 Å². The fourth-order valence-corrected chi connectivity index (χ4v) is 4.14. The molecule has 2 aromatic carbocycles. The van der Waals surface area contributed by atoms with Crippen LogP contribution in [0.2, 0.25) is 0 Å². The van der Waals surface area contributed by atoms with Crippen LogP contribution in [0.25, 0.3) is 0 Å². The molecule has 1 fully saturated rings. The van der Waals surface area contributed by atoms with E-state index < -0.39 is 11.9 Å². The van der Waals surface area contributed by atoms with Gasteiger partial charge in [0.15, 0.2) is 0 Å². The minimum Gasteiger partial charge on any atom is -0.321 e. The smallest absolute Gasteiger partial charge is 0.264 e. The van der Waals surface area contributed by atoms with Gasteiger partial charge in [0.2, 0.25) is 5.91 Å². The second kappa shape index (κ2) is 8.31. The average molecular weight is 415 g/mol. The highest BCUT2D eigenvalue weighted by atomic mass is 32.1. The average Bonchev–Trinajstić information content (AvgIpc) is 3.41. The topological polar surface area (TPSA) is 81.5 Å². The predicted molar refractivity (Wildman–Crippen MR) is 113 cm³/mol. The molecule has 7 heteroatoms. The van der Waals surface area contributed by atoms with E-state index in [4.69, 9.17) is 5.26 Å². The number of rotatable bonds is 5. The Morgan fingerprint density at radius 3 is 2.43 bits per heavy atom. The molecule has 4 rings (SSSR count). The van der Waals surface area contributed by atoms with Crippen LogP contribution in [0.3, 0.4) is 0 Å². The highest BCUT2D eigenvalue weighted by molar-refractivity contribution is 7.12. The third-order valence-corrected chi connectivity index (χ3v) is 5.80. The van der Waals surface area contributed by atoms with Crippen molar-refractivity contribution in [1.82, 2.24) is 4.90 Å². The zero-order valence-electron chi connectivity index (χ0n) is 15.9. The van der Waals surface area contributed by atoms with Crippen molar-refractivity contribution < 1.29 is 14.4 Å². The molecule has 0 radical (unpaired) electrons. The van der Waals surface area contributed by atoms with Gasteiger partial charge >= 0.3 is 0 Å². The summed E-state index contributed by atoms with van der Waals surface area (Å²) < 4.78 is 0. The minimum absolute atomic E-state index is 0.0806. The summed E-state index contributed by atoms with van der Waals surface area (Å²) in [5.41, 5.74) is 1.71. The van der Waals surface area contributed by atoms with Crippen LogP contribution in [0.4, 0.5) is 5.69 Å². The summed E-state index contributed by atoms with van der Waals surface area (Å²) in [6.45, 7) is 0.225. The molecule has 0 N–H and O–H groups in total. The summed E-state index contributed by atoms with van der Waals surface area (Å²) in [7, 11) is 0. The van der Waals surface area contributed by atoms with Gasteiger partial charge in [-0.3, -0.25) is 14.4 Å². The Bertz CT molecular complexity index is 1120. The van der Waals surface area contributed by atoms with E-state index in [0.717, 1.165) is 10.5 Å². The van der Waals surface area contributed by atoms with E-state index in [0.29, 0.717) is 16.1 Å². The van der Waals surface area contributed by atoms with Crippen molar-refractivity contribution in [1.29, 1.82) is 5.26 Å². The van der Waals surface area contributed by atoms with Crippen molar-refractivity contribution in [2.24, 2.45) is 0 Å². The molecular formula is C23H17N3O3S. The van der Waals surface area contributed by atoms with E-state index >= 15 is 0 Å². The summed E-state index contributed by atoms with van der Waals surface area (Å²) in [6.07, 6.45) is -0.0806. The standard InChI is InChI=1S/C23H17N3O3S/c24-14-16-8-10-18(11-9-16)26-21(27)13-19(22(26)28)25(15-17-5-2-1-3-6-17)23(29)20-7-4-12-30-20/h1-12,19H,13,15H2. The van der Waals surface area contributed by atoms with Gasteiger partial charge in [-0.25, -0.2) is 4.90 Å². The lowest BCUT2D eigenvalue weighted by molar-refractivity contribution is -0.122. The van der Waals surface area contributed by atoms with Crippen molar-refractivity contribution in [2.75, 3.05) is 4.90 Å². The van der Waals surface area contributed by atoms with Crippen LogP contribution < -0.4 is 4.90 Å². The zero-order valence-corrected chi connectivity index (χ0v) is 16.7. The molecule has 1 unspecified atom stereocenters. The van der Waals surface area contributed by atoms with Crippen LogP contribution in [0.5, 0.6) is 0 Å². The lowest BCUT2D eigenvalue weighted by atomic mass is 10.1. The quantitative estimate of drug-likeness (QED) is 0.597. The second-order valence-electron chi connectivity index (χ2n) is 6.84. The van der Waals surface area contributed by atoms with Gasteiger partial charge in [0, 0.05) is 6.54 Å². The van der Waals surface area contributed by atoms with Gasteiger partial charge in [0.05, 0.1) is 28.6 Å². The molecular weight excluding hydrogens is 398 g/mol. The highest BCUT2D eigenvalue weighted by Gasteiger charge is 2.44. The van der Waals surface area contributed by atoms with E-state index in [1.807, 2.05) is 36.4 Å². The predicted octanol–water partition coefficient (Wildman–Crippen LogP) is 3.59. The lowest BCUT2D eigenvalue weighted by Gasteiger charge is -2.27. The molecule has 6 nitrogen and oxygen atoms in total. The monoisotopic (exact) mass is 415 g/mol. The molecule has 1 atom stereocenters. The Morgan fingerprint density at radius 2 is 1.80 bits per heavy atom. The van der Waals surface area contributed by atoms with E-state index in [2.05, 4.69) is 0 Å². The molecule has 1 saturated heterocycles. The summed E-state index contributed by atoms with van der Waals surface area (Å²) in [6, 6.07) is 20.3. The van der Waals surface area contributed by atoms with E-state index in [1.54, 1.807) is 41.8 Å². The van der Waals surface area contributed by atoms with Crippen LogP contribution in [-0.4, -0.2) is 28.7 Å². The molecule has 30 heavy (non-hydrogen) atoms. The molecule has 148 valence electrons. The molecule has 2 heterocycles. The van der Waals surface area contributed by atoms with Gasteiger partial charge in [-0.15, -0.1) is 11.3 Å². The molecule has 0 spiro atoms. The lowest BCUT2D eigenvalue weighted by Crippen LogP contribution is -2.44. The second-order valence-corrected chi connectivity index (χ2v) is 7.79. The number of anilines is 1. The number of hydrogen-bond acceptors (Lipinski definition) is 5. The van der Waals surface area contributed by atoms with Gasteiger partial charge in [-0.05, 0) is 41.3 Å². The third kappa shape index (κ3) is 3.73. The Labute approximate surface area is 177 Å². The summed E-state index contributed by atoms with van der Waals surface area (Å²) in [5, 5.41) is 10.8. The van der Waals surface area contributed by atoms with E-state index in [-0.39, 0.29) is 24.8 Å². The fraction of sp³-hybridized carbons (Fsp3) is 0.130. The zero-order chi connectivity index (χ0) is 21.1. The summed E-state index contributed by atoms with van der Waals surface area (Å²) in [4.78, 5) is 42.2. The Balaban J connectivity index is 1.66. The highest BCUT2D eigenvalue weighted by Crippen LogP contribution is 2.28. The van der Waals surface area contributed by atoms with Crippen LogP contribution in [0.1, 0.15) is 27.2 Å². The van der Waals surface area contributed by atoms with Gasteiger partial charge in [-0.1, -0.05) is 36.4 Å². The van der Waals surface area contributed by atoms with E-state index in [1.165, 1.54) is 16.2 Å². The van der Waals surface area contributed by atoms with Crippen LogP contribution in [0, 0.1) is 11.3 Å². The Morgan fingerprint density at radius 1 is 1.07 bits per heavy atom. The minimum atomic E-state index is -0.886. The number of carbonyl (C=O) groups excluding carboxylic acids is 3. The maximum atomic E-state index is 13.2. The molecule has 3 amide bonds. The van der Waals surface area contributed by atoms with Gasteiger partial charge in [-0.2, -0.15) is 5.26 Å². The number of nitriles is 1. The molecule has 1 aliphatic heterocycles. The van der Waals surface area contributed by atoms with Crippen LogP contribution in [0.15, 0.2) is 72.1 Å². The first-order valence-electron chi connectivity index (χ1n) is 9.34. The van der Waals surface area contributed by atoms with Gasteiger partial charge in [0.1, 0.15) is 6.04 Å². The third-order valence-electron chi connectivity index (χ3n) is 4.94. The fourth-order valence-electron chi connectivity index (χ4n) is 3.46. The van der Waals surface area contributed by atoms with Crippen molar-refractivity contribution in [2.45, 2.75) is 19.0 Å². The molecule has 0 saturated carbocycles. The number of carbonyl (C=O) groups is 3. The van der Waals surface area contributed by atoms with Gasteiger partial charge < -0.3 is 4.90 Å². The first-order chi connectivity index (χ1) is 14.6. The largest absolute Gasteiger partial charge is 0.321 e. The van der Waals surface area contributed by atoms with Crippen LogP contribution >= 0.6 is 11.3 Å².